The number of hydrogen-bond acceptors (Lipinski definition) is 4. The molecule has 2 aromatic rings. The van der Waals surface area contributed by atoms with Crippen LogP contribution in [0, 0.1) is 0 Å². The summed E-state index contributed by atoms with van der Waals surface area (Å²) >= 11 is 0. The third kappa shape index (κ3) is 1.95. The molecule has 1 aliphatic heterocycles. The number of oxazole rings is 1. The van der Waals surface area contributed by atoms with Crippen LogP contribution >= 0.6 is 0 Å². The zero-order valence-electron chi connectivity index (χ0n) is 10.1. The van der Waals surface area contributed by atoms with Gasteiger partial charge >= 0.3 is 5.76 Å². The highest BCUT2D eigenvalue weighted by molar-refractivity contribution is 5.72. The van der Waals surface area contributed by atoms with Crippen molar-refractivity contribution < 1.29 is 14.3 Å². The molecule has 0 aliphatic carbocycles. The monoisotopic (exact) mass is 249 g/mol. The number of H-pyrrole nitrogens is 1. The van der Waals surface area contributed by atoms with Crippen LogP contribution in [0.1, 0.15) is 31.4 Å². The van der Waals surface area contributed by atoms with Crippen LogP contribution < -0.4 is 5.76 Å². The molecule has 1 aromatic carbocycles. The lowest BCUT2D eigenvalue weighted by Gasteiger charge is -2.18. The molecule has 2 N–H and O–H groups in total. The second-order valence-electron chi connectivity index (χ2n) is 4.78. The van der Waals surface area contributed by atoms with E-state index in [0.29, 0.717) is 16.7 Å². The molecule has 5 heteroatoms. The molecule has 18 heavy (non-hydrogen) atoms. The molecule has 0 amide bonds. The molecule has 0 bridgehead atoms. The Hall–Kier alpha value is -1.59. The minimum Gasteiger partial charge on any atom is -0.408 e. The molecular formula is C13H15NO4. The number of aromatic amines is 1. The summed E-state index contributed by atoms with van der Waals surface area (Å²) in [6.45, 7) is 2.00. The molecule has 0 saturated carbocycles. The zero-order valence-corrected chi connectivity index (χ0v) is 10.1. The van der Waals surface area contributed by atoms with Crippen molar-refractivity contribution in [3.63, 3.8) is 0 Å². The van der Waals surface area contributed by atoms with E-state index in [-0.39, 0.29) is 12.2 Å². The van der Waals surface area contributed by atoms with Crippen molar-refractivity contribution in [2.75, 3.05) is 0 Å². The Bertz CT molecular complexity index is 615. The minimum absolute atomic E-state index is 0.178. The lowest BCUT2D eigenvalue weighted by Crippen LogP contribution is -2.18. The van der Waals surface area contributed by atoms with Crippen LogP contribution in [0.15, 0.2) is 27.4 Å². The summed E-state index contributed by atoms with van der Waals surface area (Å²) in [6, 6.07) is 5.20. The highest BCUT2D eigenvalue weighted by atomic mass is 16.5. The predicted molar refractivity (Wildman–Crippen MR) is 65.4 cm³/mol. The largest absolute Gasteiger partial charge is 0.417 e. The molecule has 96 valence electrons. The van der Waals surface area contributed by atoms with E-state index in [1.165, 1.54) is 0 Å². The summed E-state index contributed by atoms with van der Waals surface area (Å²) in [5.74, 6) is -0.484. The summed E-state index contributed by atoms with van der Waals surface area (Å²) in [6.07, 6.45) is 1.14. The number of aromatic nitrogens is 1. The number of aliphatic hydroxyl groups excluding tert-OH is 1. The molecular weight excluding hydrogens is 234 g/mol. The topological polar surface area (TPSA) is 75.5 Å². The molecule has 0 radical (unpaired) electrons. The third-order valence-corrected chi connectivity index (χ3v) is 3.40. The Morgan fingerprint density at radius 2 is 2.28 bits per heavy atom. The van der Waals surface area contributed by atoms with Crippen LogP contribution in [-0.2, 0) is 4.74 Å². The molecule has 3 atom stereocenters. The maximum atomic E-state index is 11.1. The fourth-order valence-electron chi connectivity index (χ4n) is 2.43. The van der Waals surface area contributed by atoms with E-state index in [0.717, 1.165) is 12.8 Å². The molecule has 5 nitrogen and oxygen atoms in total. The standard InChI is InChI=1S/C13H15NO4/c1-7-2-5-10(17-7)12(15)8-3-4-9-11(6-8)18-13(16)14-9/h3-4,6-7,10,12,15H,2,5H2,1H3,(H,14,16). The summed E-state index contributed by atoms with van der Waals surface area (Å²) in [5.41, 5.74) is 1.81. The fraction of sp³-hybridized carbons (Fsp3) is 0.462. The van der Waals surface area contributed by atoms with Gasteiger partial charge in [-0.15, -0.1) is 0 Å². The quantitative estimate of drug-likeness (QED) is 0.849. The lowest BCUT2D eigenvalue weighted by atomic mass is 10.0. The second kappa shape index (κ2) is 4.26. The number of rotatable bonds is 2. The maximum Gasteiger partial charge on any atom is 0.417 e. The van der Waals surface area contributed by atoms with E-state index in [9.17, 15) is 9.90 Å². The Kier molecular flexibility index (Phi) is 2.72. The van der Waals surface area contributed by atoms with Gasteiger partial charge in [0.1, 0.15) is 6.10 Å². The molecule has 1 aliphatic rings. The van der Waals surface area contributed by atoms with Gasteiger partial charge in [-0.25, -0.2) is 4.79 Å². The number of hydrogen-bond donors (Lipinski definition) is 2. The van der Waals surface area contributed by atoms with Gasteiger partial charge in [0.25, 0.3) is 0 Å². The highest BCUT2D eigenvalue weighted by Gasteiger charge is 2.29. The van der Waals surface area contributed by atoms with Crippen molar-refractivity contribution in [1.82, 2.24) is 4.98 Å². The van der Waals surface area contributed by atoms with E-state index in [4.69, 9.17) is 9.15 Å². The van der Waals surface area contributed by atoms with Gasteiger partial charge in [-0.1, -0.05) is 6.07 Å². The van der Waals surface area contributed by atoms with Crippen molar-refractivity contribution in [3.05, 3.63) is 34.3 Å². The molecule has 3 rings (SSSR count). The number of ether oxygens (including phenoxy) is 1. The van der Waals surface area contributed by atoms with Crippen LogP contribution in [-0.4, -0.2) is 22.3 Å². The van der Waals surface area contributed by atoms with Gasteiger partial charge < -0.3 is 14.3 Å². The van der Waals surface area contributed by atoms with Gasteiger partial charge in [0.2, 0.25) is 0 Å². The number of aliphatic hydroxyl groups is 1. The molecule has 1 fully saturated rings. The average molecular weight is 249 g/mol. The van der Waals surface area contributed by atoms with Gasteiger partial charge in [-0.05, 0) is 37.5 Å². The summed E-state index contributed by atoms with van der Waals surface area (Å²) < 4.78 is 10.6. The van der Waals surface area contributed by atoms with E-state index >= 15 is 0 Å². The third-order valence-electron chi connectivity index (χ3n) is 3.40. The fourth-order valence-corrected chi connectivity index (χ4v) is 2.43. The van der Waals surface area contributed by atoms with Gasteiger partial charge in [0.05, 0.1) is 17.7 Å². The zero-order chi connectivity index (χ0) is 12.7. The Morgan fingerprint density at radius 3 is 3.00 bits per heavy atom. The Balaban J connectivity index is 1.91. The van der Waals surface area contributed by atoms with E-state index in [1.54, 1.807) is 18.2 Å². The summed E-state index contributed by atoms with van der Waals surface area (Å²) in [4.78, 5) is 13.6. The summed E-state index contributed by atoms with van der Waals surface area (Å²) in [7, 11) is 0. The first kappa shape index (κ1) is 11.5. The Morgan fingerprint density at radius 1 is 1.44 bits per heavy atom. The number of benzene rings is 1. The molecule has 0 spiro atoms. The number of fused-ring (bicyclic) bond motifs is 1. The van der Waals surface area contributed by atoms with Crippen molar-refractivity contribution in [3.8, 4) is 0 Å². The van der Waals surface area contributed by atoms with Crippen LogP contribution in [0.4, 0.5) is 0 Å². The Labute approximate surface area is 103 Å². The minimum atomic E-state index is -0.681. The first-order chi connectivity index (χ1) is 8.63. The first-order valence-corrected chi connectivity index (χ1v) is 6.10. The van der Waals surface area contributed by atoms with Crippen molar-refractivity contribution in [2.24, 2.45) is 0 Å². The number of nitrogens with one attached hydrogen (secondary N) is 1. The first-order valence-electron chi connectivity index (χ1n) is 6.10. The molecule has 2 heterocycles. The highest BCUT2D eigenvalue weighted by Crippen LogP contribution is 2.30. The molecule has 3 unspecified atom stereocenters. The van der Waals surface area contributed by atoms with Crippen LogP contribution in [0.2, 0.25) is 0 Å². The van der Waals surface area contributed by atoms with Crippen molar-refractivity contribution in [1.29, 1.82) is 0 Å². The normalized spacial score (nSPS) is 25.7. The average Bonchev–Trinajstić information content (AvgIpc) is 2.92. The maximum absolute atomic E-state index is 11.1. The van der Waals surface area contributed by atoms with Gasteiger partial charge in [0.15, 0.2) is 5.58 Å². The second-order valence-corrected chi connectivity index (χ2v) is 4.78. The molecule has 1 aromatic heterocycles. The van der Waals surface area contributed by atoms with Gasteiger partial charge in [-0.2, -0.15) is 0 Å². The van der Waals surface area contributed by atoms with Crippen LogP contribution in [0.3, 0.4) is 0 Å². The summed E-state index contributed by atoms with van der Waals surface area (Å²) in [5, 5.41) is 10.2. The van der Waals surface area contributed by atoms with Crippen molar-refractivity contribution in [2.45, 2.75) is 38.1 Å². The van der Waals surface area contributed by atoms with Crippen molar-refractivity contribution >= 4 is 11.1 Å². The molecule has 1 saturated heterocycles. The van der Waals surface area contributed by atoms with E-state index in [1.807, 2.05) is 6.92 Å². The van der Waals surface area contributed by atoms with Crippen LogP contribution in [0.5, 0.6) is 0 Å². The van der Waals surface area contributed by atoms with Crippen LogP contribution in [0.25, 0.3) is 11.1 Å². The van der Waals surface area contributed by atoms with E-state index in [2.05, 4.69) is 4.98 Å². The lowest BCUT2D eigenvalue weighted by molar-refractivity contribution is -0.0297. The SMILES string of the molecule is CC1CCC(C(O)c2ccc3[nH]c(=O)oc3c2)O1. The van der Waals surface area contributed by atoms with E-state index < -0.39 is 11.9 Å². The van der Waals surface area contributed by atoms with Gasteiger partial charge in [-0.3, -0.25) is 4.98 Å². The van der Waals surface area contributed by atoms with Gasteiger partial charge in [0, 0.05) is 0 Å². The smallest absolute Gasteiger partial charge is 0.408 e. The predicted octanol–water partition coefficient (Wildman–Crippen LogP) is 1.72.